The molecule has 1 aliphatic rings. The lowest BCUT2D eigenvalue weighted by atomic mass is 9.98. The van der Waals surface area contributed by atoms with Crippen LogP contribution in [0, 0.1) is 6.92 Å². The summed E-state index contributed by atoms with van der Waals surface area (Å²) in [6, 6.07) is 3.92. The number of rotatable bonds is 4. The molecular formula is C14H18N2O2S. The van der Waals surface area contributed by atoms with Crippen molar-refractivity contribution in [3.63, 3.8) is 0 Å². The molecule has 4 nitrogen and oxygen atoms in total. The van der Waals surface area contributed by atoms with Gasteiger partial charge in [-0.1, -0.05) is 0 Å². The Labute approximate surface area is 116 Å². The Hall–Kier alpha value is -1.17. The van der Waals surface area contributed by atoms with Crippen LogP contribution in [0.3, 0.4) is 0 Å². The van der Waals surface area contributed by atoms with Crippen LogP contribution >= 0.6 is 11.3 Å². The lowest BCUT2D eigenvalue weighted by Crippen LogP contribution is -2.28. The molecule has 0 aromatic carbocycles. The summed E-state index contributed by atoms with van der Waals surface area (Å²) in [6.07, 6.45) is 4.35. The average Bonchev–Trinajstić information content (AvgIpc) is 3.03. The minimum absolute atomic E-state index is 0.319. The largest absolute Gasteiger partial charge is 0.467 e. The van der Waals surface area contributed by atoms with E-state index in [1.807, 2.05) is 0 Å². The van der Waals surface area contributed by atoms with Crippen LogP contribution in [0.2, 0.25) is 0 Å². The molecule has 19 heavy (non-hydrogen) atoms. The number of hydrogen-bond acceptors (Lipinski definition) is 5. The maximum atomic E-state index is 10.0. The van der Waals surface area contributed by atoms with Crippen LogP contribution < -0.4 is 5.32 Å². The minimum atomic E-state index is -0.589. The molecule has 0 saturated carbocycles. The number of nitrogens with one attached hydrogen (secondary N) is 1. The predicted octanol–water partition coefficient (Wildman–Crippen LogP) is 2.75. The fraction of sp³-hybridized carbons (Fsp3) is 0.500. The summed E-state index contributed by atoms with van der Waals surface area (Å²) in [5.74, 6) is 0.615. The third-order valence-corrected chi connectivity index (χ3v) is 4.61. The summed E-state index contributed by atoms with van der Waals surface area (Å²) in [7, 11) is 0. The fourth-order valence-corrected chi connectivity index (χ4v) is 3.66. The topological polar surface area (TPSA) is 58.3 Å². The van der Waals surface area contributed by atoms with Crippen LogP contribution in [-0.2, 0) is 6.42 Å². The van der Waals surface area contributed by atoms with Crippen LogP contribution in [0.5, 0.6) is 0 Å². The number of furan rings is 1. The van der Waals surface area contributed by atoms with E-state index in [1.54, 1.807) is 29.7 Å². The third kappa shape index (κ3) is 2.73. The number of aliphatic hydroxyl groups excluding tert-OH is 1. The van der Waals surface area contributed by atoms with E-state index in [4.69, 9.17) is 4.42 Å². The molecule has 0 aliphatic heterocycles. The van der Waals surface area contributed by atoms with Crippen molar-refractivity contribution in [3.05, 3.63) is 39.7 Å². The summed E-state index contributed by atoms with van der Waals surface area (Å²) in [5.41, 5.74) is 1.23. The van der Waals surface area contributed by atoms with Crippen molar-refractivity contribution < 1.29 is 9.52 Å². The summed E-state index contributed by atoms with van der Waals surface area (Å²) in [6.45, 7) is 2.56. The Morgan fingerprint density at radius 3 is 3.32 bits per heavy atom. The quantitative estimate of drug-likeness (QED) is 0.903. The summed E-state index contributed by atoms with van der Waals surface area (Å²) in [5, 5.41) is 14.6. The van der Waals surface area contributed by atoms with Gasteiger partial charge >= 0.3 is 0 Å². The highest BCUT2D eigenvalue weighted by Crippen LogP contribution is 2.34. The van der Waals surface area contributed by atoms with Crippen molar-refractivity contribution in [1.29, 1.82) is 0 Å². The minimum Gasteiger partial charge on any atom is -0.467 e. The smallest absolute Gasteiger partial charge is 0.133 e. The van der Waals surface area contributed by atoms with Gasteiger partial charge in [0, 0.05) is 17.5 Å². The number of fused-ring (bicyclic) bond motifs is 1. The molecule has 102 valence electrons. The van der Waals surface area contributed by atoms with Gasteiger partial charge in [0.1, 0.15) is 11.9 Å². The number of thiazole rings is 1. The second-order valence-corrected chi connectivity index (χ2v) is 6.16. The molecule has 2 aromatic rings. The zero-order valence-corrected chi connectivity index (χ0v) is 11.7. The first-order chi connectivity index (χ1) is 9.24. The lowest BCUT2D eigenvalue weighted by Gasteiger charge is -2.23. The molecule has 0 spiro atoms. The molecule has 2 heterocycles. The zero-order chi connectivity index (χ0) is 13.2. The van der Waals surface area contributed by atoms with Crippen molar-refractivity contribution in [3.8, 4) is 0 Å². The molecule has 0 saturated heterocycles. The molecule has 2 aromatic heterocycles. The number of aromatic nitrogens is 1. The zero-order valence-electron chi connectivity index (χ0n) is 10.9. The molecule has 3 rings (SSSR count). The molecule has 0 amide bonds. The second kappa shape index (κ2) is 5.45. The Morgan fingerprint density at radius 2 is 2.53 bits per heavy atom. The van der Waals surface area contributed by atoms with Crippen LogP contribution in [0.1, 0.15) is 46.3 Å². The van der Waals surface area contributed by atoms with E-state index in [1.165, 1.54) is 10.6 Å². The highest BCUT2D eigenvalue weighted by molar-refractivity contribution is 7.11. The molecule has 1 aliphatic carbocycles. The molecule has 2 unspecified atom stereocenters. The van der Waals surface area contributed by atoms with Gasteiger partial charge < -0.3 is 14.8 Å². The molecular weight excluding hydrogens is 260 g/mol. The average molecular weight is 278 g/mol. The number of aryl methyl sites for hydroxylation is 2. The van der Waals surface area contributed by atoms with Gasteiger partial charge in [-0.05, 0) is 38.3 Å². The van der Waals surface area contributed by atoms with Crippen LogP contribution in [-0.4, -0.2) is 16.6 Å². The number of nitrogens with zero attached hydrogens (tertiary/aromatic N) is 1. The molecule has 0 radical (unpaired) electrons. The first-order valence-electron chi connectivity index (χ1n) is 6.65. The van der Waals surface area contributed by atoms with Crippen molar-refractivity contribution in [2.45, 2.75) is 38.3 Å². The highest BCUT2D eigenvalue weighted by atomic mass is 32.1. The lowest BCUT2D eigenvalue weighted by molar-refractivity contribution is 0.142. The van der Waals surface area contributed by atoms with Crippen molar-refractivity contribution in [1.82, 2.24) is 10.3 Å². The highest BCUT2D eigenvalue weighted by Gasteiger charge is 2.24. The Balaban J connectivity index is 1.65. The monoisotopic (exact) mass is 278 g/mol. The van der Waals surface area contributed by atoms with Crippen LogP contribution in [0.4, 0.5) is 0 Å². The summed E-state index contributed by atoms with van der Waals surface area (Å²) >= 11 is 1.77. The van der Waals surface area contributed by atoms with E-state index < -0.39 is 6.10 Å². The Kier molecular flexibility index (Phi) is 3.68. The third-order valence-electron chi connectivity index (χ3n) is 3.49. The number of aliphatic hydroxyl groups is 1. The maximum Gasteiger partial charge on any atom is 0.133 e. The first kappa shape index (κ1) is 12.8. The van der Waals surface area contributed by atoms with E-state index in [9.17, 15) is 5.11 Å². The van der Waals surface area contributed by atoms with E-state index in [-0.39, 0.29) is 0 Å². The molecule has 0 bridgehead atoms. The Morgan fingerprint density at radius 1 is 1.63 bits per heavy atom. The van der Waals surface area contributed by atoms with Crippen molar-refractivity contribution in [2.24, 2.45) is 0 Å². The van der Waals surface area contributed by atoms with Gasteiger partial charge in [0.05, 0.1) is 17.0 Å². The van der Waals surface area contributed by atoms with Crippen LogP contribution in [0.25, 0.3) is 0 Å². The fourth-order valence-electron chi connectivity index (χ4n) is 2.57. The van der Waals surface area contributed by atoms with E-state index in [0.29, 0.717) is 18.3 Å². The predicted molar refractivity (Wildman–Crippen MR) is 74.2 cm³/mol. The van der Waals surface area contributed by atoms with Crippen LogP contribution in [0.15, 0.2) is 22.8 Å². The van der Waals surface area contributed by atoms with Gasteiger partial charge in [0.2, 0.25) is 0 Å². The van der Waals surface area contributed by atoms with Gasteiger partial charge in [0.25, 0.3) is 0 Å². The SMILES string of the molecule is Cc1nc2c(s1)C(NCC(O)c1ccco1)CCC2. The van der Waals surface area contributed by atoms with Gasteiger partial charge in [-0.3, -0.25) is 0 Å². The van der Waals surface area contributed by atoms with Gasteiger partial charge in [-0.2, -0.15) is 0 Å². The second-order valence-electron chi connectivity index (χ2n) is 4.93. The normalized spacial score (nSPS) is 20.2. The first-order valence-corrected chi connectivity index (χ1v) is 7.46. The van der Waals surface area contributed by atoms with Gasteiger partial charge in [-0.25, -0.2) is 4.98 Å². The Bertz CT molecular complexity index is 536. The van der Waals surface area contributed by atoms with Gasteiger partial charge in [-0.15, -0.1) is 11.3 Å². The van der Waals surface area contributed by atoms with Gasteiger partial charge in [0.15, 0.2) is 0 Å². The van der Waals surface area contributed by atoms with E-state index in [2.05, 4.69) is 17.2 Å². The van der Waals surface area contributed by atoms with Crippen molar-refractivity contribution in [2.75, 3.05) is 6.54 Å². The maximum absolute atomic E-state index is 10.0. The van der Waals surface area contributed by atoms with E-state index in [0.717, 1.165) is 24.3 Å². The molecule has 0 fully saturated rings. The molecule has 2 N–H and O–H groups in total. The summed E-state index contributed by atoms with van der Waals surface area (Å²) in [4.78, 5) is 5.92. The number of hydrogen-bond donors (Lipinski definition) is 2. The van der Waals surface area contributed by atoms with Crippen molar-refractivity contribution >= 4 is 11.3 Å². The molecule has 2 atom stereocenters. The van der Waals surface area contributed by atoms with E-state index >= 15 is 0 Å². The standard InChI is InChI=1S/C14H18N2O2S/c1-9-16-11-5-2-4-10(14(11)19-9)15-8-12(17)13-6-3-7-18-13/h3,6-7,10,12,15,17H,2,4-5,8H2,1H3. The molecule has 5 heteroatoms. The summed E-state index contributed by atoms with van der Waals surface area (Å²) < 4.78 is 5.21.